The summed E-state index contributed by atoms with van der Waals surface area (Å²) in [7, 11) is 0. The minimum Gasteiger partial charge on any atom is -0.312 e. The number of nitrogens with zero attached hydrogens (tertiary/aromatic N) is 2. The zero-order valence-corrected chi connectivity index (χ0v) is 12.0. The predicted molar refractivity (Wildman–Crippen MR) is 75.7 cm³/mol. The van der Waals surface area contributed by atoms with Gasteiger partial charge < -0.3 is 5.32 Å². The van der Waals surface area contributed by atoms with Gasteiger partial charge in [-0.05, 0) is 50.6 Å². The molecular formula is C15H27N3. The first-order valence-electron chi connectivity index (χ1n) is 7.48. The van der Waals surface area contributed by atoms with Crippen LogP contribution in [0.15, 0.2) is 12.4 Å². The van der Waals surface area contributed by atoms with Crippen LogP contribution in [0.5, 0.6) is 0 Å². The van der Waals surface area contributed by atoms with E-state index in [-0.39, 0.29) is 0 Å². The molecule has 1 aliphatic rings. The van der Waals surface area contributed by atoms with Gasteiger partial charge >= 0.3 is 0 Å². The van der Waals surface area contributed by atoms with Gasteiger partial charge in [-0.25, -0.2) is 0 Å². The molecule has 0 saturated heterocycles. The molecule has 0 bridgehead atoms. The fourth-order valence-electron chi connectivity index (χ4n) is 3.08. The second-order valence-corrected chi connectivity index (χ2v) is 5.71. The SMILES string of the molecule is CCCNC1CCC(CC)CC1n1cc(C)cn1. The molecule has 1 aromatic heterocycles. The van der Waals surface area contributed by atoms with Gasteiger partial charge in [-0.1, -0.05) is 20.3 Å². The molecule has 1 aromatic rings. The maximum Gasteiger partial charge on any atom is 0.0674 e. The molecule has 1 saturated carbocycles. The third-order valence-electron chi connectivity index (χ3n) is 4.23. The molecule has 0 amide bonds. The highest BCUT2D eigenvalue weighted by atomic mass is 15.3. The van der Waals surface area contributed by atoms with Crippen LogP contribution in [0.2, 0.25) is 0 Å². The van der Waals surface area contributed by atoms with E-state index in [1.807, 2.05) is 6.20 Å². The van der Waals surface area contributed by atoms with Crippen LogP contribution in [0, 0.1) is 12.8 Å². The average Bonchev–Trinajstić information content (AvgIpc) is 2.82. The molecule has 2 rings (SSSR count). The zero-order chi connectivity index (χ0) is 13.0. The first-order chi connectivity index (χ1) is 8.74. The third kappa shape index (κ3) is 3.14. The fourth-order valence-corrected chi connectivity index (χ4v) is 3.08. The van der Waals surface area contributed by atoms with E-state index < -0.39 is 0 Å². The number of aromatic nitrogens is 2. The number of nitrogens with one attached hydrogen (secondary N) is 1. The van der Waals surface area contributed by atoms with Crippen LogP contribution in [0.1, 0.15) is 57.6 Å². The Balaban J connectivity index is 2.08. The second kappa shape index (κ2) is 6.37. The van der Waals surface area contributed by atoms with E-state index in [1.165, 1.54) is 37.7 Å². The van der Waals surface area contributed by atoms with Gasteiger partial charge in [-0.2, -0.15) is 5.10 Å². The predicted octanol–water partition coefficient (Wildman–Crippen LogP) is 3.31. The Morgan fingerprint density at radius 2 is 2.22 bits per heavy atom. The Hall–Kier alpha value is -0.830. The van der Waals surface area contributed by atoms with Crippen molar-refractivity contribution in [3.05, 3.63) is 18.0 Å². The Morgan fingerprint density at radius 3 is 2.83 bits per heavy atom. The molecular weight excluding hydrogens is 222 g/mol. The van der Waals surface area contributed by atoms with Gasteiger partial charge in [-0.15, -0.1) is 0 Å². The minimum absolute atomic E-state index is 0.545. The summed E-state index contributed by atoms with van der Waals surface area (Å²) < 4.78 is 2.20. The normalized spacial score (nSPS) is 28.5. The van der Waals surface area contributed by atoms with Crippen LogP contribution in [-0.4, -0.2) is 22.4 Å². The van der Waals surface area contributed by atoms with Gasteiger partial charge in [0.1, 0.15) is 0 Å². The van der Waals surface area contributed by atoms with Crippen molar-refractivity contribution in [2.24, 2.45) is 5.92 Å². The van der Waals surface area contributed by atoms with Crippen molar-refractivity contribution < 1.29 is 0 Å². The average molecular weight is 249 g/mol. The van der Waals surface area contributed by atoms with E-state index in [4.69, 9.17) is 0 Å². The van der Waals surface area contributed by atoms with Gasteiger partial charge in [0.25, 0.3) is 0 Å². The largest absolute Gasteiger partial charge is 0.312 e. The number of rotatable bonds is 5. The van der Waals surface area contributed by atoms with Crippen molar-refractivity contribution in [1.29, 1.82) is 0 Å². The number of aryl methyl sites for hydroxylation is 1. The molecule has 1 heterocycles. The number of hydrogen-bond donors (Lipinski definition) is 1. The highest BCUT2D eigenvalue weighted by molar-refractivity contribution is 5.02. The summed E-state index contributed by atoms with van der Waals surface area (Å²) in [5.74, 6) is 0.874. The Bertz CT molecular complexity index is 358. The van der Waals surface area contributed by atoms with E-state index in [2.05, 4.69) is 42.1 Å². The first kappa shape index (κ1) is 13.6. The Morgan fingerprint density at radius 1 is 1.39 bits per heavy atom. The molecule has 0 radical (unpaired) electrons. The summed E-state index contributed by atoms with van der Waals surface area (Å²) in [6.07, 6.45) is 10.6. The molecule has 102 valence electrons. The molecule has 3 unspecified atom stereocenters. The van der Waals surface area contributed by atoms with E-state index in [0.717, 1.165) is 12.5 Å². The highest BCUT2D eigenvalue weighted by Crippen LogP contribution is 2.34. The van der Waals surface area contributed by atoms with Gasteiger partial charge in [0, 0.05) is 12.2 Å². The van der Waals surface area contributed by atoms with Crippen LogP contribution in [0.3, 0.4) is 0 Å². The maximum atomic E-state index is 4.54. The van der Waals surface area contributed by atoms with Crippen molar-refractivity contribution in [3.8, 4) is 0 Å². The molecule has 1 aliphatic carbocycles. The molecule has 3 nitrogen and oxygen atoms in total. The molecule has 1 N–H and O–H groups in total. The lowest BCUT2D eigenvalue weighted by molar-refractivity contribution is 0.190. The lowest BCUT2D eigenvalue weighted by atomic mass is 9.81. The van der Waals surface area contributed by atoms with E-state index in [0.29, 0.717) is 12.1 Å². The molecule has 18 heavy (non-hydrogen) atoms. The maximum absolute atomic E-state index is 4.54. The lowest BCUT2D eigenvalue weighted by Crippen LogP contribution is -2.42. The highest BCUT2D eigenvalue weighted by Gasteiger charge is 2.30. The fraction of sp³-hybridized carbons (Fsp3) is 0.800. The standard InChI is InChI=1S/C15H27N3/c1-4-8-16-14-7-6-13(5-2)9-15(14)18-11-12(3)10-17-18/h10-11,13-16H,4-9H2,1-3H3. The zero-order valence-electron chi connectivity index (χ0n) is 12.0. The summed E-state index contributed by atoms with van der Waals surface area (Å²) in [4.78, 5) is 0. The summed E-state index contributed by atoms with van der Waals surface area (Å²) in [6.45, 7) is 7.80. The van der Waals surface area contributed by atoms with Gasteiger partial charge in [0.2, 0.25) is 0 Å². The van der Waals surface area contributed by atoms with E-state index in [1.54, 1.807) is 0 Å². The quantitative estimate of drug-likeness (QED) is 0.867. The van der Waals surface area contributed by atoms with Crippen molar-refractivity contribution in [3.63, 3.8) is 0 Å². The van der Waals surface area contributed by atoms with Gasteiger partial charge in [0.05, 0.1) is 12.2 Å². The van der Waals surface area contributed by atoms with Crippen LogP contribution in [0.4, 0.5) is 0 Å². The van der Waals surface area contributed by atoms with Crippen molar-refractivity contribution in [1.82, 2.24) is 15.1 Å². The second-order valence-electron chi connectivity index (χ2n) is 5.71. The van der Waals surface area contributed by atoms with Crippen LogP contribution in [-0.2, 0) is 0 Å². The molecule has 0 spiro atoms. The van der Waals surface area contributed by atoms with Crippen LogP contribution < -0.4 is 5.32 Å². The summed E-state index contributed by atoms with van der Waals surface area (Å²) in [5.41, 5.74) is 1.27. The Labute approximate surface area is 111 Å². The smallest absolute Gasteiger partial charge is 0.0674 e. The third-order valence-corrected chi connectivity index (χ3v) is 4.23. The van der Waals surface area contributed by atoms with E-state index >= 15 is 0 Å². The van der Waals surface area contributed by atoms with E-state index in [9.17, 15) is 0 Å². The monoisotopic (exact) mass is 249 g/mol. The number of hydrogen-bond acceptors (Lipinski definition) is 2. The summed E-state index contributed by atoms with van der Waals surface area (Å²) >= 11 is 0. The molecule has 3 heteroatoms. The molecule has 0 aliphatic heterocycles. The van der Waals surface area contributed by atoms with Crippen molar-refractivity contribution in [2.45, 2.75) is 65.0 Å². The minimum atomic E-state index is 0.545. The summed E-state index contributed by atoms with van der Waals surface area (Å²) in [5, 5.41) is 8.26. The molecule has 3 atom stereocenters. The van der Waals surface area contributed by atoms with Gasteiger partial charge in [-0.3, -0.25) is 4.68 Å². The molecule has 1 fully saturated rings. The first-order valence-corrected chi connectivity index (χ1v) is 7.48. The Kier molecular flexibility index (Phi) is 4.81. The van der Waals surface area contributed by atoms with Crippen molar-refractivity contribution in [2.75, 3.05) is 6.54 Å². The summed E-state index contributed by atoms with van der Waals surface area (Å²) in [6, 6.07) is 1.15. The topological polar surface area (TPSA) is 29.9 Å². The van der Waals surface area contributed by atoms with Crippen molar-refractivity contribution >= 4 is 0 Å². The molecule has 0 aromatic carbocycles. The van der Waals surface area contributed by atoms with Gasteiger partial charge in [0.15, 0.2) is 0 Å². The van der Waals surface area contributed by atoms with Crippen LogP contribution >= 0.6 is 0 Å². The lowest BCUT2D eigenvalue weighted by Gasteiger charge is -2.36. The van der Waals surface area contributed by atoms with Crippen LogP contribution in [0.25, 0.3) is 0 Å².